The predicted octanol–water partition coefficient (Wildman–Crippen LogP) is 2.63. The van der Waals surface area contributed by atoms with Gasteiger partial charge in [0.2, 0.25) is 0 Å². The van der Waals surface area contributed by atoms with E-state index in [1.54, 1.807) is 11.4 Å². The highest BCUT2D eigenvalue weighted by Gasteiger charge is 2.09. The molecule has 0 saturated carbocycles. The minimum Gasteiger partial charge on any atom is -0.507 e. The highest BCUT2D eigenvalue weighted by Crippen LogP contribution is 2.28. The van der Waals surface area contributed by atoms with Gasteiger partial charge in [0.25, 0.3) is 0 Å². The minimum absolute atomic E-state index is 0.0857. The SMILES string of the molecule is O=Cc1cc(-c2csc(C(=O)O)c2)ccc1O. The summed E-state index contributed by atoms with van der Waals surface area (Å²) in [6.07, 6.45) is 0.559. The first-order valence-corrected chi connectivity index (χ1v) is 5.60. The van der Waals surface area contributed by atoms with E-state index in [9.17, 15) is 14.7 Å². The molecule has 0 unspecified atom stereocenters. The Hall–Kier alpha value is -2.14. The molecule has 1 heterocycles. The summed E-state index contributed by atoms with van der Waals surface area (Å²) in [7, 11) is 0. The maximum atomic E-state index is 10.7. The number of thiophene rings is 1. The van der Waals surface area contributed by atoms with Crippen molar-refractivity contribution < 1.29 is 19.8 Å². The molecule has 0 aliphatic heterocycles. The lowest BCUT2D eigenvalue weighted by Gasteiger charge is -2.01. The van der Waals surface area contributed by atoms with E-state index in [0.717, 1.165) is 16.9 Å². The van der Waals surface area contributed by atoms with Crippen molar-refractivity contribution in [3.05, 3.63) is 40.1 Å². The number of hydrogen-bond donors (Lipinski definition) is 2. The van der Waals surface area contributed by atoms with Crippen LogP contribution in [0.25, 0.3) is 11.1 Å². The summed E-state index contributed by atoms with van der Waals surface area (Å²) in [5, 5.41) is 19.9. The van der Waals surface area contributed by atoms with Gasteiger partial charge in [-0.25, -0.2) is 4.79 Å². The number of aromatic hydroxyl groups is 1. The van der Waals surface area contributed by atoms with Gasteiger partial charge in [-0.3, -0.25) is 4.79 Å². The van der Waals surface area contributed by atoms with Gasteiger partial charge in [-0.1, -0.05) is 6.07 Å². The van der Waals surface area contributed by atoms with Crippen molar-refractivity contribution in [2.45, 2.75) is 0 Å². The lowest BCUT2D eigenvalue weighted by Crippen LogP contribution is -1.90. The number of carboxylic acid groups (broad SMARTS) is 1. The van der Waals surface area contributed by atoms with E-state index in [0.29, 0.717) is 11.8 Å². The topological polar surface area (TPSA) is 74.6 Å². The van der Waals surface area contributed by atoms with Crippen LogP contribution in [-0.2, 0) is 0 Å². The summed E-state index contributed by atoms with van der Waals surface area (Å²) in [6, 6.07) is 6.11. The Balaban J connectivity index is 2.45. The fraction of sp³-hybridized carbons (Fsp3) is 0. The van der Waals surface area contributed by atoms with Gasteiger partial charge in [-0.2, -0.15) is 0 Å². The first-order valence-electron chi connectivity index (χ1n) is 4.72. The zero-order valence-corrected chi connectivity index (χ0v) is 9.40. The first-order chi connectivity index (χ1) is 8.11. The molecule has 5 heteroatoms. The molecule has 2 aromatic rings. The molecule has 0 bridgehead atoms. The molecule has 4 nitrogen and oxygen atoms in total. The number of benzene rings is 1. The van der Waals surface area contributed by atoms with Gasteiger partial charge in [0.1, 0.15) is 10.6 Å². The molecule has 0 fully saturated rings. The molecular formula is C12H8O4S. The average molecular weight is 248 g/mol. The number of hydrogen-bond acceptors (Lipinski definition) is 4. The Kier molecular flexibility index (Phi) is 2.93. The number of carbonyl (C=O) groups is 2. The number of carboxylic acids is 1. The zero-order chi connectivity index (χ0) is 12.4. The highest BCUT2D eigenvalue weighted by molar-refractivity contribution is 7.12. The Labute approximate surface area is 101 Å². The summed E-state index contributed by atoms with van der Waals surface area (Å²) < 4.78 is 0. The third kappa shape index (κ3) is 2.19. The smallest absolute Gasteiger partial charge is 0.345 e. The van der Waals surface area contributed by atoms with E-state index < -0.39 is 5.97 Å². The van der Waals surface area contributed by atoms with Gasteiger partial charge in [0, 0.05) is 0 Å². The van der Waals surface area contributed by atoms with Crippen LogP contribution in [0.15, 0.2) is 29.6 Å². The van der Waals surface area contributed by atoms with Crippen LogP contribution in [-0.4, -0.2) is 22.5 Å². The molecule has 86 valence electrons. The lowest BCUT2D eigenvalue weighted by atomic mass is 10.1. The summed E-state index contributed by atoms with van der Waals surface area (Å²) in [6.45, 7) is 0. The molecule has 2 rings (SSSR count). The summed E-state index contributed by atoms with van der Waals surface area (Å²) in [5.41, 5.74) is 1.61. The highest BCUT2D eigenvalue weighted by atomic mass is 32.1. The third-order valence-electron chi connectivity index (χ3n) is 2.30. The zero-order valence-electron chi connectivity index (χ0n) is 8.58. The molecule has 0 radical (unpaired) electrons. The van der Waals surface area contributed by atoms with E-state index in [4.69, 9.17) is 5.11 Å². The number of aldehydes is 1. The third-order valence-corrected chi connectivity index (χ3v) is 3.22. The van der Waals surface area contributed by atoms with Crippen LogP contribution in [0.3, 0.4) is 0 Å². The van der Waals surface area contributed by atoms with Crippen LogP contribution in [0, 0.1) is 0 Å². The minimum atomic E-state index is -0.976. The Morgan fingerprint density at radius 3 is 2.59 bits per heavy atom. The van der Waals surface area contributed by atoms with Crippen molar-refractivity contribution in [2.75, 3.05) is 0 Å². The number of rotatable bonds is 3. The molecule has 0 aliphatic carbocycles. The van der Waals surface area contributed by atoms with Gasteiger partial charge in [0.15, 0.2) is 6.29 Å². The largest absolute Gasteiger partial charge is 0.507 e. The molecule has 2 N–H and O–H groups in total. The molecule has 0 spiro atoms. The number of carbonyl (C=O) groups excluding carboxylic acids is 1. The van der Waals surface area contributed by atoms with Crippen molar-refractivity contribution in [1.29, 1.82) is 0 Å². The monoisotopic (exact) mass is 248 g/mol. The van der Waals surface area contributed by atoms with E-state index in [-0.39, 0.29) is 16.2 Å². The second-order valence-electron chi connectivity index (χ2n) is 3.40. The molecular weight excluding hydrogens is 240 g/mol. The van der Waals surface area contributed by atoms with E-state index >= 15 is 0 Å². The standard InChI is InChI=1S/C12H8O4S/c13-5-8-3-7(1-2-10(8)14)9-4-11(12(15)16)17-6-9/h1-6,14H,(H,15,16). The molecule has 1 aromatic carbocycles. The average Bonchev–Trinajstić information content (AvgIpc) is 2.79. The molecule has 0 atom stereocenters. The van der Waals surface area contributed by atoms with Crippen LogP contribution in [0.5, 0.6) is 5.75 Å². The molecule has 17 heavy (non-hydrogen) atoms. The van der Waals surface area contributed by atoms with Crippen LogP contribution in [0.2, 0.25) is 0 Å². The quantitative estimate of drug-likeness (QED) is 0.819. The Morgan fingerprint density at radius 1 is 1.24 bits per heavy atom. The maximum Gasteiger partial charge on any atom is 0.345 e. The van der Waals surface area contributed by atoms with Crippen LogP contribution in [0.1, 0.15) is 20.0 Å². The number of aromatic carboxylic acids is 1. The van der Waals surface area contributed by atoms with Crippen LogP contribution in [0.4, 0.5) is 0 Å². The fourth-order valence-corrected chi connectivity index (χ4v) is 2.18. The second-order valence-corrected chi connectivity index (χ2v) is 4.31. The summed E-state index contributed by atoms with van der Waals surface area (Å²) >= 11 is 1.12. The number of phenols is 1. The first kappa shape index (κ1) is 11.3. The maximum absolute atomic E-state index is 10.7. The van der Waals surface area contributed by atoms with Gasteiger partial charge >= 0.3 is 5.97 Å². The van der Waals surface area contributed by atoms with Crippen molar-refractivity contribution in [3.8, 4) is 16.9 Å². The second kappa shape index (κ2) is 4.39. The van der Waals surface area contributed by atoms with Gasteiger partial charge in [-0.05, 0) is 34.7 Å². The Morgan fingerprint density at radius 2 is 2.00 bits per heavy atom. The lowest BCUT2D eigenvalue weighted by molar-refractivity contribution is 0.0702. The van der Waals surface area contributed by atoms with Crippen molar-refractivity contribution in [2.24, 2.45) is 0 Å². The molecule has 0 amide bonds. The van der Waals surface area contributed by atoms with Gasteiger partial charge < -0.3 is 10.2 Å². The van der Waals surface area contributed by atoms with Crippen molar-refractivity contribution in [1.82, 2.24) is 0 Å². The normalized spacial score (nSPS) is 10.1. The van der Waals surface area contributed by atoms with E-state index in [1.165, 1.54) is 18.2 Å². The molecule has 1 aromatic heterocycles. The van der Waals surface area contributed by atoms with Crippen LogP contribution < -0.4 is 0 Å². The van der Waals surface area contributed by atoms with E-state index in [2.05, 4.69) is 0 Å². The number of phenolic OH excluding ortho intramolecular Hbond substituents is 1. The summed E-state index contributed by atoms with van der Waals surface area (Å²) in [4.78, 5) is 21.6. The molecule has 0 saturated heterocycles. The van der Waals surface area contributed by atoms with Crippen molar-refractivity contribution in [3.63, 3.8) is 0 Å². The molecule has 0 aliphatic rings. The van der Waals surface area contributed by atoms with Crippen molar-refractivity contribution >= 4 is 23.6 Å². The summed E-state index contributed by atoms with van der Waals surface area (Å²) in [5.74, 6) is -1.06. The van der Waals surface area contributed by atoms with Gasteiger partial charge in [-0.15, -0.1) is 11.3 Å². The fourth-order valence-electron chi connectivity index (χ4n) is 1.43. The predicted molar refractivity (Wildman–Crippen MR) is 63.8 cm³/mol. The van der Waals surface area contributed by atoms with Gasteiger partial charge in [0.05, 0.1) is 5.56 Å². The van der Waals surface area contributed by atoms with Crippen LogP contribution >= 0.6 is 11.3 Å². The van der Waals surface area contributed by atoms with E-state index in [1.807, 2.05) is 0 Å². The Bertz CT molecular complexity index is 586.